The second-order valence-electron chi connectivity index (χ2n) is 15.6. The molecule has 0 bridgehead atoms. The summed E-state index contributed by atoms with van der Waals surface area (Å²) >= 11 is 0. The van der Waals surface area contributed by atoms with Gasteiger partial charge in [0.15, 0.2) is 0 Å². The monoisotopic (exact) mass is 679 g/mol. The number of unbranched alkanes of at least 4 members (excludes halogenated alkanes) is 39. The molecule has 2 heteroatoms. The van der Waals surface area contributed by atoms with Gasteiger partial charge in [-0.2, -0.15) is 0 Å². The summed E-state index contributed by atoms with van der Waals surface area (Å²) in [5, 5.41) is 8.52. The average Bonchev–Trinajstić information content (AvgIpc) is 3.08. The van der Waals surface area contributed by atoms with Gasteiger partial charge in [0.25, 0.3) is 0 Å². The molecular weight excluding hydrogens is 585 g/mol. The highest BCUT2D eigenvalue weighted by molar-refractivity contribution is 5.66. The Morgan fingerprint density at radius 2 is 0.375 bits per heavy atom. The minimum atomic E-state index is -0.653. The number of hydrogen-bond donors (Lipinski definition) is 1. The van der Waals surface area contributed by atoms with E-state index in [1.807, 2.05) is 0 Å². The lowest BCUT2D eigenvalue weighted by molar-refractivity contribution is -0.137. The van der Waals surface area contributed by atoms with Gasteiger partial charge >= 0.3 is 5.97 Å². The van der Waals surface area contributed by atoms with Crippen molar-refractivity contribution in [2.75, 3.05) is 0 Å². The Bertz CT molecular complexity index is 518. The van der Waals surface area contributed by atoms with Crippen LogP contribution in [0.1, 0.15) is 290 Å². The van der Waals surface area contributed by atoms with Crippen molar-refractivity contribution in [2.45, 2.75) is 290 Å². The Kier molecular flexibility index (Phi) is 50.2. The molecule has 0 radical (unpaired) electrons. The fourth-order valence-corrected chi connectivity index (χ4v) is 7.04. The molecule has 1 N–H and O–H groups in total. The zero-order valence-electron chi connectivity index (χ0n) is 34.1. The second-order valence-corrected chi connectivity index (χ2v) is 15.6. The van der Waals surface area contributed by atoms with Gasteiger partial charge in [-0.1, -0.05) is 278 Å². The van der Waals surface area contributed by atoms with Crippen LogP contribution in [0.3, 0.4) is 0 Å². The van der Waals surface area contributed by atoms with E-state index in [1.54, 1.807) is 0 Å². The smallest absolute Gasteiger partial charge is 0.303 e. The van der Waals surface area contributed by atoms with Crippen molar-refractivity contribution >= 4 is 5.97 Å². The van der Waals surface area contributed by atoms with Crippen molar-refractivity contribution in [1.82, 2.24) is 0 Å². The highest BCUT2D eigenvalue weighted by Gasteiger charge is 1.98. The van der Waals surface area contributed by atoms with Gasteiger partial charge in [0, 0.05) is 6.42 Å². The number of carboxylic acids is 1. The zero-order valence-corrected chi connectivity index (χ0v) is 34.1. The maximum absolute atomic E-state index is 10.3. The number of aliphatic carboxylic acids is 1. The summed E-state index contributed by atoms with van der Waals surface area (Å²) in [5.41, 5.74) is 0. The van der Waals surface area contributed by atoms with Crippen molar-refractivity contribution in [1.29, 1.82) is 0 Å². The molecule has 0 saturated heterocycles. The molecule has 0 spiro atoms. The molecule has 0 atom stereocenters. The van der Waals surface area contributed by atoms with E-state index in [0.29, 0.717) is 6.42 Å². The first kappa shape index (κ1) is 49.6. The van der Waals surface area contributed by atoms with Crippen molar-refractivity contribution in [2.24, 2.45) is 0 Å². The van der Waals surface area contributed by atoms with Gasteiger partial charge in [0.2, 0.25) is 0 Å². The van der Waals surface area contributed by atoms with Gasteiger partial charge in [-0.05, 0) is 6.42 Å². The summed E-state index contributed by atoms with van der Waals surface area (Å²) in [6.45, 7) is 6.88. The average molecular weight is 679 g/mol. The number of hydrogen-bond acceptors (Lipinski definition) is 1. The normalized spacial score (nSPS) is 11.1. The fraction of sp³-hybridized carbons (Fsp3) is 0.978. The molecule has 290 valence electrons. The molecule has 0 aromatic rings. The van der Waals surface area contributed by atoms with Gasteiger partial charge in [0.05, 0.1) is 0 Å². The largest absolute Gasteiger partial charge is 0.481 e. The van der Waals surface area contributed by atoms with E-state index in [-0.39, 0.29) is 0 Å². The highest BCUT2D eigenvalue weighted by Crippen LogP contribution is 2.17. The molecule has 0 aliphatic rings. The molecular formula is C46H94O2. The van der Waals surface area contributed by atoms with Gasteiger partial charge < -0.3 is 5.11 Å². The Hall–Kier alpha value is -0.530. The topological polar surface area (TPSA) is 37.3 Å². The fourth-order valence-electron chi connectivity index (χ4n) is 7.04. The lowest BCUT2D eigenvalue weighted by Gasteiger charge is -2.04. The SMILES string of the molecule is CCCCCCCCCCCCCCCCCC(=O)O.CCCCCCCCCCCCCCCCCCCCCCCCCCCC. The standard InChI is InChI=1S/C28H58.C18H36O2/c1-3-5-7-9-11-13-15-17-19-21-23-25-27-28-26-24-22-20-18-16-14-12-10-8-6-4-2;1-2-3-4-5-6-7-8-9-10-11-12-13-14-15-16-17-18(19)20/h3-28H2,1-2H3;2-17H2,1H3,(H,19,20). The van der Waals surface area contributed by atoms with Crippen LogP contribution in [0.5, 0.6) is 0 Å². The first-order valence-corrected chi connectivity index (χ1v) is 22.9. The van der Waals surface area contributed by atoms with E-state index >= 15 is 0 Å². The lowest BCUT2D eigenvalue weighted by Crippen LogP contribution is -1.93. The minimum absolute atomic E-state index is 0.345. The molecule has 0 rings (SSSR count). The van der Waals surface area contributed by atoms with Gasteiger partial charge in [-0.3, -0.25) is 4.79 Å². The van der Waals surface area contributed by atoms with Gasteiger partial charge in [-0.15, -0.1) is 0 Å². The van der Waals surface area contributed by atoms with E-state index in [2.05, 4.69) is 20.8 Å². The third-order valence-electron chi connectivity index (χ3n) is 10.5. The predicted molar refractivity (Wildman–Crippen MR) is 219 cm³/mol. The summed E-state index contributed by atoms with van der Waals surface area (Å²) in [6.07, 6.45) is 58.6. The third-order valence-corrected chi connectivity index (χ3v) is 10.5. The van der Waals surface area contributed by atoms with E-state index in [9.17, 15) is 4.79 Å². The molecule has 0 unspecified atom stereocenters. The van der Waals surface area contributed by atoms with Crippen molar-refractivity contribution in [3.05, 3.63) is 0 Å². The Morgan fingerprint density at radius 1 is 0.250 bits per heavy atom. The van der Waals surface area contributed by atoms with Crippen LogP contribution in [0, 0.1) is 0 Å². The van der Waals surface area contributed by atoms with Crippen LogP contribution in [-0.2, 0) is 4.79 Å². The maximum Gasteiger partial charge on any atom is 0.303 e. The molecule has 0 fully saturated rings. The first-order valence-electron chi connectivity index (χ1n) is 22.9. The quantitative estimate of drug-likeness (QED) is 0.0653. The second kappa shape index (κ2) is 48.6. The summed E-state index contributed by atoms with van der Waals surface area (Å²) < 4.78 is 0. The molecule has 48 heavy (non-hydrogen) atoms. The molecule has 0 aliphatic carbocycles. The summed E-state index contributed by atoms with van der Waals surface area (Å²) in [4.78, 5) is 10.3. The predicted octanol–water partition coefficient (Wildman–Crippen LogP) is 17.5. The van der Waals surface area contributed by atoms with Crippen LogP contribution in [-0.4, -0.2) is 11.1 Å². The van der Waals surface area contributed by atoms with Crippen molar-refractivity contribution in [3.8, 4) is 0 Å². The van der Waals surface area contributed by atoms with Crippen LogP contribution >= 0.6 is 0 Å². The van der Waals surface area contributed by atoms with E-state index in [1.165, 1.54) is 250 Å². The molecule has 0 aromatic heterocycles. The van der Waals surface area contributed by atoms with Crippen LogP contribution in [0.15, 0.2) is 0 Å². The van der Waals surface area contributed by atoms with E-state index < -0.39 is 5.97 Å². The summed E-state index contributed by atoms with van der Waals surface area (Å²) in [7, 11) is 0. The molecule has 2 nitrogen and oxygen atoms in total. The summed E-state index contributed by atoms with van der Waals surface area (Å²) in [6, 6.07) is 0. The van der Waals surface area contributed by atoms with Gasteiger partial charge in [-0.25, -0.2) is 0 Å². The number of carbonyl (C=O) groups is 1. The Balaban J connectivity index is 0. The molecule has 0 heterocycles. The molecule has 0 aromatic carbocycles. The maximum atomic E-state index is 10.3. The van der Waals surface area contributed by atoms with E-state index in [0.717, 1.165) is 12.8 Å². The van der Waals surface area contributed by atoms with Crippen LogP contribution < -0.4 is 0 Å². The molecule has 0 saturated carbocycles. The first-order chi connectivity index (χ1) is 23.7. The number of rotatable bonds is 41. The van der Waals surface area contributed by atoms with Crippen LogP contribution in [0.2, 0.25) is 0 Å². The van der Waals surface area contributed by atoms with Crippen LogP contribution in [0.4, 0.5) is 0 Å². The molecule has 0 aliphatic heterocycles. The highest BCUT2D eigenvalue weighted by atomic mass is 16.4. The summed E-state index contributed by atoms with van der Waals surface area (Å²) in [5.74, 6) is -0.653. The van der Waals surface area contributed by atoms with Crippen molar-refractivity contribution in [3.63, 3.8) is 0 Å². The van der Waals surface area contributed by atoms with Crippen LogP contribution in [0.25, 0.3) is 0 Å². The Labute approximate surface area is 305 Å². The molecule has 0 amide bonds. The number of carboxylic acid groups (broad SMARTS) is 1. The third kappa shape index (κ3) is 52.3. The van der Waals surface area contributed by atoms with Gasteiger partial charge in [0.1, 0.15) is 0 Å². The van der Waals surface area contributed by atoms with Crippen molar-refractivity contribution < 1.29 is 9.90 Å². The minimum Gasteiger partial charge on any atom is -0.481 e. The lowest BCUT2D eigenvalue weighted by atomic mass is 10.0. The Morgan fingerprint density at radius 3 is 0.500 bits per heavy atom. The zero-order chi connectivity index (χ0) is 35.3. The van der Waals surface area contributed by atoms with E-state index in [4.69, 9.17) is 5.11 Å².